The van der Waals surface area contributed by atoms with Gasteiger partial charge in [-0.1, -0.05) is 53.9 Å². The van der Waals surface area contributed by atoms with Gasteiger partial charge in [0.2, 0.25) is 0 Å². The van der Waals surface area contributed by atoms with Crippen molar-refractivity contribution in [3.8, 4) is 0 Å². The van der Waals surface area contributed by atoms with Crippen LogP contribution in [0.4, 0.5) is 0 Å². The maximum absolute atomic E-state index is 11.6. The minimum atomic E-state index is -0.623. The highest BCUT2D eigenvalue weighted by Gasteiger charge is 2.64. The van der Waals surface area contributed by atoms with E-state index in [0.29, 0.717) is 17.8 Å². The number of hydrogen-bond acceptors (Lipinski definition) is 2. The molecule has 0 amide bonds. The molecule has 168 valence electrons. The second-order valence-electron chi connectivity index (χ2n) is 12.8. The number of fused-ring (bicyclic) bond motifs is 5. The molecule has 4 fully saturated rings. The van der Waals surface area contributed by atoms with Crippen molar-refractivity contribution in [3.63, 3.8) is 0 Å². The Bertz CT molecular complexity index is 587. The summed E-state index contributed by atoms with van der Waals surface area (Å²) < 4.78 is 0. The molecule has 0 aliphatic heterocycles. The summed E-state index contributed by atoms with van der Waals surface area (Å²) in [5.74, 6) is 4.94. The molecule has 0 saturated heterocycles. The van der Waals surface area contributed by atoms with E-state index in [-0.39, 0.29) is 11.5 Å². The average molecular weight is 405 g/mol. The minimum absolute atomic E-state index is 0.0252. The predicted molar refractivity (Wildman–Crippen MR) is 121 cm³/mol. The molecule has 0 heterocycles. The second kappa shape index (κ2) is 7.80. The molecule has 0 aromatic rings. The minimum Gasteiger partial charge on any atom is -0.393 e. The lowest BCUT2D eigenvalue weighted by Crippen LogP contribution is -2.62. The van der Waals surface area contributed by atoms with Gasteiger partial charge in [-0.3, -0.25) is 0 Å². The van der Waals surface area contributed by atoms with Gasteiger partial charge in [0.15, 0.2) is 0 Å². The van der Waals surface area contributed by atoms with Crippen molar-refractivity contribution in [1.82, 2.24) is 0 Å². The maximum Gasteiger partial charge on any atom is 0.0728 e. The molecular weight excluding hydrogens is 356 g/mol. The molecule has 2 N–H and O–H groups in total. The van der Waals surface area contributed by atoms with E-state index < -0.39 is 5.60 Å². The van der Waals surface area contributed by atoms with Gasteiger partial charge in [-0.2, -0.15) is 0 Å². The molecule has 4 rings (SSSR count). The van der Waals surface area contributed by atoms with E-state index in [1.165, 1.54) is 51.4 Å². The molecule has 4 saturated carbocycles. The Morgan fingerprint density at radius 3 is 2.34 bits per heavy atom. The third kappa shape index (κ3) is 3.53. The van der Waals surface area contributed by atoms with Gasteiger partial charge in [-0.05, 0) is 97.7 Å². The van der Waals surface area contributed by atoms with Crippen LogP contribution in [0.5, 0.6) is 0 Å². The van der Waals surface area contributed by atoms with Crippen LogP contribution in [-0.2, 0) is 0 Å². The van der Waals surface area contributed by atoms with Crippen LogP contribution in [0.25, 0.3) is 0 Å². The predicted octanol–water partition coefficient (Wildman–Crippen LogP) is 6.58. The number of rotatable bonds is 5. The van der Waals surface area contributed by atoms with Crippen molar-refractivity contribution in [2.45, 2.75) is 123 Å². The number of hydrogen-bond donors (Lipinski definition) is 2. The summed E-state index contributed by atoms with van der Waals surface area (Å²) in [7, 11) is 0. The van der Waals surface area contributed by atoms with Crippen LogP contribution in [-0.4, -0.2) is 21.9 Å². The zero-order valence-corrected chi connectivity index (χ0v) is 19.9. The molecule has 1 unspecified atom stereocenters. The fourth-order valence-electron chi connectivity index (χ4n) is 9.25. The van der Waals surface area contributed by atoms with Gasteiger partial charge in [0.1, 0.15) is 0 Å². The van der Waals surface area contributed by atoms with Crippen LogP contribution in [0.3, 0.4) is 0 Å². The monoisotopic (exact) mass is 404 g/mol. The second-order valence-corrected chi connectivity index (χ2v) is 12.8. The third-order valence-electron chi connectivity index (χ3n) is 11.0. The first-order valence-electron chi connectivity index (χ1n) is 13.0. The molecule has 2 heteroatoms. The van der Waals surface area contributed by atoms with Gasteiger partial charge in [0.05, 0.1) is 11.7 Å². The fraction of sp³-hybridized carbons (Fsp3) is 1.00. The lowest BCUT2D eigenvalue weighted by Gasteiger charge is -2.64. The molecular formula is C27H48O2. The first kappa shape index (κ1) is 22.1. The van der Waals surface area contributed by atoms with E-state index in [1.54, 1.807) is 0 Å². The van der Waals surface area contributed by atoms with E-state index in [1.807, 2.05) is 0 Å². The quantitative estimate of drug-likeness (QED) is 0.543. The lowest BCUT2D eigenvalue weighted by molar-refractivity contribution is -0.220. The van der Waals surface area contributed by atoms with E-state index in [2.05, 4.69) is 34.6 Å². The first-order valence-corrected chi connectivity index (χ1v) is 13.0. The van der Waals surface area contributed by atoms with Crippen molar-refractivity contribution < 1.29 is 10.2 Å². The summed E-state index contributed by atoms with van der Waals surface area (Å²) in [5, 5.41) is 21.8. The molecule has 4 aliphatic carbocycles. The molecule has 2 nitrogen and oxygen atoms in total. The van der Waals surface area contributed by atoms with E-state index >= 15 is 0 Å². The number of aliphatic hydroxyl groups excluding tert-OH is 1. The van der Waals surface area contributed by atoms with Crippen molar-refractivity contribution in [2.24, 2.45) is 46.3 Å². The zero-order chi connectivity index (χ0) is 21.0. The Balaban J connectivity index is 1.49. The Morgan fingerprint density at radius 1 is 0.862 bits per heavy atom. The topological polar surface area (TPSA) is 40.5 Å². The van der Waals surface area contributed by atoms with Crippen LogP contribution >= 0.6 is 0 Å². The van der Waals surface area contributed by atoms with Crippen molar-refractivity contribution >= 4 is 0 Å². The summed E-state index contributed by atoms with van der Waals surface area (Å²) >= 11 is 0. The highest BCUT2D eigenvalue weighted by atomic mass is 16.3. The van der Waals surface area contributed by atoms with Gasteiger partial charge in [-0.15, -0.1) is 0 Å². The Kier molecular flexibility index (Phi) is 5.95. The molecule has 0 bridgehead atoms. The van der Waals surface area contributed by atoms with Gasteiger partial charge < -0.3 is 10.2 Å². The van der Waals surface area contributed by atoms with E-state index in [4.69, 9.17) is 0 Å². The van der Waals surface area contributed by atoms with Crippen LogP contribution < -0.4 is 0 Å². The first-order chi connectivity index (χ1) is 13.6. The standard InChI is InChI=1S/C27H48O2/c1-18(2)7-6-8-19(3)22-9-10-23-21-12-16-27(29)17-20(28)11-15-26(27,5)24(21)13-14-25(22,23)4/h18-24,28-29H,6-17H2,1-5H3/t19?,20-,21-,22+,23-,24-,25+,26+,27+/m0/s1. The summed E-state index contributed by atoms with van der Waals surface area (Å²) in [6.07, 6.45) is 14.1. The van der Waals surface area contributed by atoms with Gasteiger partial charge >= 0.3 is 0 Å². The van der Waals surface area contributed by atoms with Crippen molar-refractivity contribution in [2.75, 3.05) is 0 Å². The molecule has 0 spiro atoms. The van der Waals surface area contributed by atoms with Crippen molar-refractivity contribution in [1.29, 1.82) is 0 Å². The Morgan fingerprint density at radius 2 is 1.62 bits per heavy atom. The van der Waals surface area contributed by atoms with Crippen LogP contribution in [0.15, 0.2) is 0 Å². The Hall–Kier alpha value is -0.0800. The summed E-state index contributed by atoms with van der Waals surface area (Å²) in [4.78, 5) is 0. The molecule has 29 heavy (non-hydrogen) atoms. The lowest BCUT2D eigenvalue weighted by atomic mass is 9.43. The summed E-state index contributed by atoms with van der Waals surface area (Å²) in [6.45, 7) is 12.3. The Labute approximate surface area is 180 Å². The SMILES string of the molecule is CC(C)CCCC(C)[C@H]1CC[C@H]2[C@@H]3CC[C@@]4(O)C[C@@H](O)CC[C@]4(C)[C@H]3CC[C@]12C. The van der Waals surface area contributed by atoms with Crippen LogP contribution in [0.1, 0.15) is 112 Å². The maximum atomic E-state index is 11.6. The van der Waals surface area contributed by atoms with Gasteiger partial charge in [0.25, 0.3) is 0 Å². The molecule has 0 radical (unpaired) electrons. The number of aliphatic hydroxyl groups is 2. The third-order valence-corrected chi connectivity index (χ3v) is 11.0. The fourth-order valence-corrected chi connectivity index (χ4v) is 9.25. The van der Waals surface area contributed by atoms with E-state index in [9.17, 15) is 10.2 Å². The summed E-state index contributed by atoms with van der Waals surface area (Å²) in [6, 6.07) is 0. The average Bonchev–Trinajstić information content (AvgIpc) is 2.99. The zero-order valence-electron chi connectivity index (χ0n) is 19.9. The molecule has 9 atom stereocenters. The highest BCUT2D eigenvalue weighted by molar-refractivity contribution is 5.14. The molecule has 0 aromatic heterocycles. The van der Waals surface area contributed by atoms with Gasteiger partial charge in [-0.25, -0.2) is 0 Å². The van der Waals surface area contributed by atoms with E-state index in [0.717, 1.165) is 48.9 Å². The van der Waals surface area contributed by atoms with Crippen molar-refractivity contribution in [3.05, 3.63) is 0 Å². The molecule has 0 aromatic carbocycles. The van der Waals surface area contributed by atoms with Gasteiger partial charge in [0, 0.05) is 6.42 Å². The van der Waals surface area contributed by atoms with Crippen LogP contribution in [0.2, 0.25) is 0 Å². The largest absolute Gasteiger partial charge is 0.393 e. The van der Waals surface area contributed by atoms with Crippen LogP contribution in [0, 0.1) is 46.3 Å². The summed E-state index contributed by atoms with van der Waals surface area (Å²) in [5.41, 5.74) is -0.0719. The normalized spacial score (nSPS) is 50.7. The molecule has 4 aliphatic rings. The smallest absolute Gasteiger partial charge is 0.0728 e. The highest BCUT2D eigenvalue weighted by Crippen LogP contribution is 2.69.